The minimum absolute atomic E-state index is 0.166. The third-order valence-electron chi connectivity index (χ3n) is 2.64. The molecule has 0 radical (unpaired) electrons. The number of hydrogen-bond donors (Lipinski definition) is 1. The van der Waals surface area contributed by atoms with E-state index in [1.807, 2.05) is 16.8 Å². The van der Waals surface area contributed by atoms with E-state index in [0.717, 1.165) is 25.1 Å². The van der Waals surface area contributed by atoms with Gasteiger partial charge in [0, 0.05) is 25.5 Å². The van der Waals surface area contributed by atoms with Gasteiger partial charge in [0.25, 0.3) is 0 Å². The molecule has 0 bridgehead atoms. The Labute approximate surface area is 111 Å². The smallest absolute Gasteiger partial charge is 0.142 e. The topological polar surface area (TPSA) is 29.9 Å². The summed E-state index contributed by atoms with van der Waals surface area (Å²) >= 11 is 5.62. The van der Waals surface area contributed by atoms with Crippen LogP contribution in [0.15, 0.2) is 36.9 Å². The Morgan fingerprint density at radius 3 is 3.00 bits per heavy atom. The van der Waals surface area contributed by atoms with E-state index >= 15 is 0 Å². The molecule has 1 aromatic heterocycles. The molecule has 0 saturated carbocycles. The summed E-state index contributed by atoms with van der Waals surface area (Å²) in [6.45, 7) is 2.46. The van der Waals surface area contributed by atoms with E-state index in [2.05, 4.69) is 10.3 Å². The minimum Gasteiger partial charge on any atom is -0.337 e. The predicted molar refractivity (Wildman–Crippen MR) is 70.0 cm³/mol. The molecule has 0 saturated heterocycles. The second kappa shape index (κ2) is 6.52. The first-order valence-corrected chi connectivity index (χ1v) is 6.24. The van der Waals surface area contributed by atoms with Crippen LogP contribution < -0.4 is 5.32 Å². The van der Waals surface area contributed by atoms with Gasteiger partial charge in [-0.05, 0) is 30.7 Å². The van der Waals surface area contributed by atoms with Crippen LogP contribution in [-0.4, -0.2) is 16.1 Å². The van der Waals surface area contributed by atoms with E-state index in [-0.39, 0.29) is 10.8 Å². The second-order valence-electron chi connectivity index (χ2n) is 4.08. The zero-order valence-corrected chi connectivity index (χ0v) is 10.7. The molecule has 1 N–H and O–H groups in total. The average Bonchev–Trinajstić information content (AvgIpc) is 2.86. The summed E-state index contributed by atoms with van der Waals surface area (Å²) in [4.78, 5) is 3.97. The van der Waals surface area contributed by atoms with Crippen molar-refractivity contribution in [2.24, 2.45) is 0 Å². The van der Waals surface area contributed by atoms with Crippen molar-refractivity contribution in [2.45, 2.75) is 19.5 Å². The molecule has 0 unspecified atom stereocenters. The van der Waals surface area contributed by atoms with E-state index < -0.39 is 0 Å². The number of aromatic nitrogens is 2. The largest absolute Gasteiger partial charge is 0.337 e. The molecule has 2 rings (SSSR count). The summed E-state index contributed by atoms with van der Waals surface area (Å²) in [5, 5.41) is 3.43. The molecule has 0 amide bonds. The maximum absolute atomic E-state index is 13.2. The third kappa shape index (κ3) is 3.82. The number of hydrogen-bond acceptors (Lipinski definition) is 2. The van der Waals surface area contributed by atoms with Crippen molar-refractivity contribution in [1.29, 1.82) is 0 Å². The molecule has 0 aliphatic heterocycles. The lowest BCUT2D eigenvalue weighted by Gasteiger charge is -2.06. The average molecular weight is 268 g/mol. The van der Waals surface area contributed by atoms with Crippen LogP contribution in [0.2, 0.25) is 5.02 Å². The fraction of sp³-hybridized carbons (Fsp3) is 0.308. The van der Waals surface area contributed by atoms with Crippen molar-refractivity contribution in [1.82, 2.24) is 14.9 Å². The highest BCUT2D eigenvalue weighted by molar-refractivity contribution is 6.30. The van der Waals surface area contributed by atoms with Crippen molar-refractivity contribution in [3.05, 3.63) is 53.3 Å². The van der Waals surface area contributed by atoms with Crippen molar-refractivity contribution in [3.63, 3.8) is 0 Å². The van der Waals surface area contributed by atoms with Crippen LogP contribution in [0.3, 0.4) is 0 Å². The van der Waals surface area contributed by atoms with E-state index in [4.69, 9.17) is 11.6 Å². The summed E-state index contributed by atoms with van der Waals surface area (Å²) in [5.41, 5.74) is 0.902. The lowest BCUT2D eigenvalue weighted by Crippen LogP contribution is -2.16. The minimum atomic E-state index is -0.366. The Kier molecular flexibility index (Phi) is 4.73. The van der Waals surface area contributed by atoms with E-state index in [9.17, 15) is 4.39 Å². The molecule has 1 heterocycles. The lowest BCUT2D eigenvalue weighted by molar-refractivity contribution is 0.577. The Bertz CT molecular complexity index is 485. The molecular formula is C13H15ClFN3. The number of imidazole rings is 1. The van der Waals surface area contributed by atoms with Gasteiger partial charge in [-0.15, -0.1) is 0 Å². The van der Waals surface area contributed by atoms with Gasteiger partial charge in [0.15, 0.2) is 0 Å². The van der Waals surface area contributed by atoms with Gasteiger partial charge in [0.1, 0.15) is 5.82 Å². The molecule has 2 aromatic rings. The van der Waals surface area contributed by atoms with Gasteiger partial charge in [-0.2, -0.15) is 0 Å². The number of aryl methyl sites for hydroxylation is 1. The van der Waals surface area contributed by atoms with Gasteiger partial charge < -0.3 is 9.88 Å². The molecule has 1 aromatic carbocycles. The van der Waals surface area contributed by atoms with Crippen LogP contribution in [0, 0.1) is 5.82 Å². The summed E-state index contributed by atoms with van der Waals surface area (Å²) < 4.78 is 15.2. The number of rotatable bonds is 6. The van der Waals surface area contributed by atoms with E-state index in [1.165, 1.54) is 6.07 Å². The Morgan fingerprint density at radius 1 is 1.39 bits per heavy atom. The zero-order chi connectivity index (χ0) is 12.8. The molecule has 96 valence electrons. The molecule has 18 heavy (non-hydrogen) atoms. The SMILES string of the molecule is Fc1cc(CNCCCn2ccnc2)ccc1Cl. The van der Waals surface area contributed by atoms with Gasteiger partial charge in [-0.3, -0.25) is 0 Å². The first-order valence-electron chi connectivity index (χ1n) is 5.86. The van der Waals surface area contributed by atoms with Crippen molar-refractivity contribution >= 4 is 11.6 Å². The molecule has 0 fully saturated rings. The first kappa shape index (κ1) is 13.1. The van der Waals surface area contributed by atoms with Crippen LogP contribution in [0.5, 0.6) is 0 Å². The Hall–Kier alpha value is -1.39. The highest BCUT2D eigenvalue weighted by Gasteiger charge is 2.00. The van der Waals surface area contributed by atoms with Crippen LogP contribution in [-0.2, 0) is 13.1 Å². The summed E-state index contributed by atoms with van der Waals surface area (Å²) in [6, 6.07) is 4.87. The van der Waals surface area contributed by atoms with Crippen molar-refractivity contribution in [3.8, 4) is 0 Å². The van der Waals surface area contributed by atoms with Crippen LogP contribution in [0.1, 0.15) is 12.0 Å². The summed E-state index contributed by atoms with van der Waals surface area (Å²) in [5.74, 6) is -0.366. The van der Waals surface area contributed by atoms with Crippen molar-refractivity contribution in [2.75, 3.05) is 6.54 Å². The number of nitrogens with one attached hydrogen (secondary N) is 1. The summed E-state index contributed by atoms with van der Waals surface area (Å²) in [6.07, 6.45) is 6.51. The maximum atomic E-state index is 13.2. The molecule has 0 spiro atoms. The number of benzene rings is 1. The molecule has 0 aliphatic carbocycles. The molecule has 5 heteroatoms. The van der Waals surface area contributed by atoms with Gasteiger partial charge in [-0.1, -0.05) is 17.7 Å². The monoisotopic (exact) mass is 267 g/mol. The fourth-order valence-electron chi connectivity index (χ4n) is 1.69. The summed E-state index contributed by atoms with van der Waals surface area (Å²) in [7, 11) is 0. The fourth-order valence-corrected chi connectivity index (χ4v) is 1.81. The normalized spacial score (nSPS) is 10.8. The second-order valence-corrected chi connectivity index (χ2v) is 4.49. The molecule has 3 nitrogen and oxygen atoms in total. The van der Waals surface area contributed by atoms with Crippen molar-refractivity contribution < 1.29 is 4.39 Å². The quantitative estimate of drug-likeness (QED) is 0.816. The Balaban J connectivity index is 1.67. The highest BCUT2D eigenvalue weighted by Crippen LogP contribution is 2.15. The standard InChI is InChI=1S/C13H15ClFN3/c14-12-3-2-11(8-13(12)15)9-16-4-1-6-18-7-5-17-10-18/h2-3,5,7-8,10,16H,1,4,6,9H2. The van der Waals surface area contributed by atoms with E-state index in [1.54, 1.807) is 18.6 Å². The molecular weight excluding hydrogens is 253 g/mol. The predicted octanol–water partition coefficient (Wildman–Crippen LogP) is 2.86. The zero-order valence-electron chi connectivity index (χ0n) is 9.94. The highest BCUT2D eigenvalue weighted by atomic mass is 35.5. The Morgan fingerprint density at radius 2 is 2.28 bits per heavy atom. The van der Waals surface area contributed by atoms with Gasteiger partial charge in [0.2, 0.25) is 0 Å². The lowest BCUT2D eigenvalue weighted by atomic mass is 10.2. The van der Waals surface area contributed by atoms with E-state index in [0.29, 0.717) is 6.54 Å². The molecule has 0 aliphatic rings. The number of nitrogens with zero attached hydrogens (tertiary/aromatic N) is 2. The van der Waals surface area contributed by atoms with Gasteiger partial charge in [0.05, 0.1) is 11.3 Å². The first-order chi connectivity index (χ1) is 8.75. The number of halogens is 2. The van der Waals surface area contributed by atoms with Gasteiger partial charge >= 0.3 is 0 Å². The third-order valence-corrected chi connectivity index (χ3v) is 2.95. The van der Waals surface area contributed by atoms with Crippen LogP contribution >= 0.6 is 11.6 Å². The van der Waals surface area contributed by atoms with Gasteiger partial charge in [-0.25, -0.2) is 9.37 Å². The van der Waals surface area contributed by atoms with Crippen LogP contribution in [0.4, 0.5) is 4.39 Å². The maximum Gasteiger partial charge on any atom is 0.142 e. The van der Waals surface area contributed by atoms with Crippen LogP contribution in [0.25, 0.3) is 0 Å². The molecule has 0 atom stereocenters.